The van der Waals surface area contributed by atoms with Crippen molar-refractivity contribution in [2.24, 2.45) is 5.73 Å². The SMILES string of the molecule is NCCN(c1nc(C(F)(F)F)ns1)C1CCCCC1. The van der Waals surface area contributed by atoms with Crippen LogP contribution in [0.3, 0.4) is 0 Å². The van der Waals surface area contributed by atoms with Crippen molar-refractivity contribution in [2.75, 3.05) is 18.0 Å². The molecule has 0 amide bonds. The quantitative estimate of drug-likeness (QED) is 0.927. The maximum Gasteiger partial charge on any atom is 0.452 e. The molecule has 2 N–H and O–H groups in total. The highest BCUT2D eigenvalue weighted by Crippen LogP contribution is 2.33. The lowest BCUT2D eigenvalue weighted by atomic mass is 9.94. The second-order valence-corrected chi connectivity index (χ2v) is 5.40. The molecule has 1 aromatic rings. The number of rotatable bonds is 4. The summed E-state index contributed by atoms with van der Waals surface area (Å²) in [5.41, 5.74) is 5.56. The van der Waals surface area contributed by atoms with Crippen LogP contribution in [0.1, 0.15) is 37.9 Å². The molecular formula is C11H17F3N4S. The van der Waals surface area contributed by atoms with Gasteiger partial charge in [-0.25, -0.2) is 0 Å². The van der Waals surface area contributed by atoms with Gasteiger partial charge in [0.05, 0.1) is 0 Å². The molecule has 1 fully saturated rings. The van der Waals surface area contributed by atoms with Gasteiger partial charge in [-0.3, -0.25) is 0 Å². The van der Waals surface area contributed by atoms with E-state index in [0.717, 1.165) is 37.2 Å². The Labute approximate surface area is 114 Å². The van der Waals surface area contributed by atoms with Crippen LogP contribution in [0.25, 0.3) is 0 Å². The Balaban J connectivity index is 2.16. The van der Waals surface area contributed by atoms with Gasteiger partial charge in [-0.15, -0.1) is 0 Å². The largest absolute Gasteiger partial charge is 0.452 e. The lowest BCUT2D eigenvalue weighted by molar-refractivity contribution is -0.144. The van der Waals surface area contributed by atoms with Gasteiger partial charge < -0.3 is 10.6 Å². The first kappa shape index (κ1) is 14.5. The van der Waals surface area contributed by atoms with E-state index in [1.807, 2.05) is 4.90 Å². The van der Waals surface area contributed by atoms with Crippen molar-refractivity contribution in [2.45, 2.75) is 44.3 Å². The van der Waals surface area contributed by atoms with Crippen LogP contribution in [0.2, 0.25) is 0 Å². The summed E-state index contributed by atoms with van der Waals surface area (Å²) < 4.78 is 41.0. The minimum Gasteiger partial charge on any atom is -0.343 e. The molecule has 1 saturated carbocycles. The minimum absolute atomic E-state index is 0.242. The fourth-order valence-electron chi connectivity index (χ4n) is 2.41. The monoisotopic (exact) mass is 294 g/mol. The van der Waals surface area contributed by atoms with Gasteiger partial charge in [-0.1, -0.05) is 19.3 Å². The first-order valence-corrected chi connectivity index (χ1v) is 7.17. The summed E-state index contributed by atoms with van der Waals surface area (Å²) in [7, 11) is 0. The molecule has 1 aromatic heterocycles. The average molecular weight is 294 g/mol. The number of hydrogen-bond acceptors (Lipinski definition) is 5. The Hall–Kier alpha value is -0.890. The van der Waals surface area contributed by atoms with Gasteiger partial charge in [0, 0.05) is 30.7 Å². The van der Waals surface area contributed by atoms with Crippen LogP contribution in [0.15, 0.2) is 0 Å². The number of nitrogens with two attached hydrogens (primary N) is 1. The van der Waals surface area contributed by atoms with E-state index in [1.165, 1.54) is 6.42 Å². The molecule has 0 radical (unpaired) electrons. The highest BCUT2D eigenvalue weighted by atomic mass is 32.1. The molecule has 4 nitrogen and oxygen atoms in total. The van der Waals surface area contributed by atoms with Crippen molar-refractivity contribution in [3.63, 3.8) is 0 Å². The number of halogens is 3. The normalized spacial score (nSPS) is 17.7. The van der Waals surface area contributed by atoms with Crippen LogP contribution >= 0.6 is 11.5 Å². The van der Waals surface area contributed by atoms with E-state index >= 15 is 0 Å². The summed E-state index contributed by atoms with van der Waals surface area (Å²) in [4.78, 5) is 5.52. The average Bonchev–Trinajstić information content (AvgIpc) is 2.86. The third-order valence-electron chi connectivity index (χ3n) is 3.30. The Morgan fingerprint density at radius 1 is 1.26 bits per heavy atom. The number of aromatic nitrogens is 2. The summed E-state index contributed by atoms with van der Waals surface area (Å²) >= 11 is 0.807. The zero-order chi connectivity index (χ0) is 13.9. The first-order chi connectivity index (χ1) is 9.02. The second kappa shape index (κ2) is 6.04. The summed E-state index contributed by atoms with van der Waals surface area (Å²) in [6.45, 7) is 0.925. The van der Waals surface area contributed by atoms with Gasteiger partial charge in [0.2, 0.25) is 11.0 Å². The van der Waals surface area contributed by atoms with Crippen molar-refractivity contribution in [1.29, 1.82) is 0 Å². The Bertz CT molecular complexity index is 401. The van der Waals surface area contributed by atoms with Crippen molar-refractivity contribution in [1.82, 2.24) is 9.36 Å². The molecule has 0 aliphatic heterocycles. The molecule has 0 atom stereocenters. The summed E-state index contributed by atoms with van der Waals surface area (Å²) in [6, 6.07) is 0.242. The first-order valence-electron chi connectivity index (χ1n) is 6.40. The lowest BCUT2D eigenvalue weighted by Crippen LogP contribution is -2.40. The van der Waals surface area contributed by atoms with Crippen LogP contribution in [-0.2, 0) is 6.18 Å². The standard InChI is InChI=1S/C11H17F3N4S/c12-11(13,14)9-16-10(19-17-9)18(7-6-15)8-4-2-1-3-5-8/h8H,1-7,15H2. The van der Waals surface area contributed by atoms with Crippen LogP contribution in [0, 0.1) is 0 Å². The van der Waals surface area contributed by atoms with E-state index in [0.29, 0.717) is 18.2 Å². The van der Waals surface area contributed by atoms with Crippen molar-refractivity contribution < 1.29 is 13.2 Å². The van der Waals surface area contributed by atoms with Crippen molar-refractivity contribution in [3.8, 4) is 0 Å². The minimum atomic E-state index is -4.48. The third kappa shape index (κ3) is 3.56. The smallest absolute Gasteiger partial charge is 0.343 e. The van der Waals surface area contributed by atoms with Crippen LogP contribution < -0.4 is 10.6 Å². The molecule has 1 aliphatic carbocycles. The van der Waals surface area contributed by atoms with Crippen LogP contribution in [-0.4, -0.2) is 28.5 Å². The maximum absolute atomic E-state index is 12.5. The zero-order valence-electron chi connectivity index (χ0n) is 10.5. The predicted molar refractivity (Wildman–Crippen MR) is 68.2 cm³/mol. The molecular weight excluding hydrogens is 277 g/mol. The van der Waals surface area contributed by atoms with Gasteiger partial charge in [0.25, 0.3) is 0 Å². The van der Waals surface area contributed by atoms with Gasteiger partial charge in [0.1, 0.15) is 0 Å². The van der Waals surface area contributed by atoms with Gasteiger partial charge in [-0.05, 0) is 12.8 Å². The Morgan fingerprint density at radius 3 is 2.47 bits per heavy atom. The number of hydrogen-bond donors (Lipinski definition) is 1. The van der Waals surface area contributed by atoms with Crippen molar-refractivity contribution in [3.05, 3.63) is 5.82 Å². The van der Waals surface area contributed by atoms with E-state index < -0.39 is 12.0 Å². The molecule has 1 heterocycles. The van der Waals surface area contributed by atoms with E-state index in [2.05, 4.69) is 9.36 Å². The van der Waals surface area contributed by atoms with Gasteiger partial charge in [-0.2, -0.15) is 22.5 Å². The predicted octanol–water partition coefficient (Wildman–Crippen LogP) is 2.65. The highest BCUT2D eigenvalue weighted by Gasteiger charge is 2.37. The van der Waals surface area contributed by atoms with E-state index in [-0.39, 0.29) is 6.04 Å². The van der Waals surface area contributed by atoms with Crippen LogP contribution in [0.4, 0.5) is 18.3 Å². The fourth-order valence-corrected chi connectivity index (χ4v) is 3.20. The molecule has 2 rings (SSSR count). The summed E-state index contributed by atoms with van der Waals surface area (Å²) in [5.74, 6) is -1.05. The Kier molecular flexibility index (Phi) is 4.62. The molecule has 0 bridgehead atoms. The molecule has 19 heavy (non-hydrogen) atoms. The van der Waals surface area contributed by atoms with E-state index in [4.69, 9.17) is 5.73 Å². The van der Waals surface area contributed by atoms with Crippen molar-refractivity contribution >= 4 is 16.7 Å². The molecule has 108 valence electrons. The fraction of sp³-hybridized carbons (Fsp3) is 0.818. The second-order valence-electron chi connectivity index (χ2n) is 4.67. The van der Waals surface area contributed by atoms with Gasteiger partial charge in [0.15, 0.2) is 0 Å². The number of nitrogens with zero attached hydrogens (tertiary/aromatic N) is 3. The zero-order valence-corrected chi connectivity index (χ0v) is 11.3. The lowest BCUT2D eigenvalue weighted by Gasteiger charge is -2.33. The van der Waals surface area contributed by atoms with E-state index in [9.17, 15) is 13.2 Å². The van der Waals surface area contributed by atoms with Gasteiger partial charge >= 0.3 is 6.18 Å². The van der Waals surface area contributed by atoms with Crippen LogP contribution in [0.5, 0.6) is 0 Å². The topological polar surface area (TPSA) is 55.0 Å². The third-order valence-corrected chi connectivity index (χ3v) is 4.05. The number of anilines is 1. The number of alkyl halides is 3. The molecule has 0 aromatic carbocycles. The molecule has 0 saturated heterocycles. The summed E-state index contributed by atoms with van der Waals surface area (Å²) in [5, 5.41) is 0.338. The molecule has 0 spiro atoms. The van der Waals surface area contributed by atoms with E-state index in [1.54, 1.807) is 0 Å². The molecule has 1 aliphatic rings. The Morgan fingerprint density at radius 2 is 1.95 bits per heavy atom. The maximum atomic E-state index is 12.5. The summed E-state index contributed by atoms with van der Waals surface area (Å²) in [6.07, 6.45) is 0.905. The molecule has 8 heteroatoms. The highest BCUT2D eigenvalue weighted by molar-refractivity contribution is 7.09. The molecule has 0 unspecified atom stereocenters.